The van der Waals surface area contributed by atoms with Crippen LogP contribution in [0.5, 0.6) is 5.75 Å². The van der Waals surface area contributed by atoms with Gasteiger partial charge in [-0.2, -0.15) is 5.10 Å². The fourth-order valence-corrected chi connectivity index (χ4v) is 3.81. The summed E-state index contributed by atoms with van der Waals surface area (Å²) in [6, 6.07) is 7.60. The molecule has 1 aliphatic rings. The van der Waals surface area contributed by atoms with Crippen LogP contribution >= 0.6 is 0 Å². The van der Waals surface area contributed by atoms with Gasteiger partial charge in [-0.1, -0.05) is 12.1 Å². The van der Waals surface area contributed by atoms with Crippen molar-refractivity contribution in [2.75, 3.05) is 18.6 Å². The molecule has 3 heterocycles. The van der Waals surface area contributed by atoms with E-state index in [-0.39, 0.29) is 11.8 Å². The second kappa shape index (κ2) is 6.57. The lowest BCUT2D eigenvalue weighted by Crippen LogP contribution is -2.24. The van der Waals surface area contributed by atoms with Crippen LogP contribution in [0.4, 0.5) is 5.69 Å². The van der Waals surface area contributed by atoms with Gasteiger partial charge in [0.15, 0.2) is 0 Å². The van der Waals surface area contributed by atoms with Gasteiger partial charge in [0.05, 0.1) is 30.4 Å². The highest BCUT2D eigenvalue weighted by atomic mass is 16.5. The molecule has 2 aromatic heterocycles. The first-order chi connectivity index (χ1) is 13.0. The van der Waals surface area contributed by atoms with Gasteiger partial charge in [0.25, 0.3) is 0 Å². The van der Waals surface area contributed by atoms with Gasteiger partial charge in [-0.05, 0) is 26.0 Å². The van der Waals surface area contributed by atoms with Crippen molar-refractivity contribution in [3.05, 3.63) is 47.7 Å². The Hall–Kier alpha value is -3.09. The van der Waals surface area contributed by atoms with Gasteiger partial charge in [-0.3, -0.25) is 9.48 Å². The molecule has 1 N–H and O–H groups in total. The van der Waals surface area contributed by atoms with Crippen LogP contribution in [0.1, 0.15) is 29.6 Å². The molecule has 1 atom stereocenters. The van der Waals surface area contributed by atoms with Gasteiger partial charge < -0.3 is 14.6 Å². The number of rotatable bonds is 4. The number of aryl methyl sites for hydroxylation is 2. The minimum absolute atomic E-state index is 0.0217. The Morgan fingerprint density at radius 3 is 2.74 bits per heavy atom. The summed E-state index contributed by atoms with van der Waals surface area (Å²) in [4.78, 5) is 22.4. The molecule has 4 rings (SSSR count). The molecule has 0 aliphatic carbocycles. The number of imidazole rings is 1. The summed E-state index contributed by atoms with van der Waals surface area (Å²) in [7, 11) is 3.55. The molecule has 1 aliphatic heterocycles. The molecule has 27 heavy (non-hydrogen) atoms. The third kappa shape index (κ3) is 2.89. The first-order valence-electron chi connectivity index (χ1n) is 8.98. The summed E-state index contributed by atoms with van der Waals surface area (Å²) in [5.74, 6) is 1.64. The zero-order chi connectivity index (χ0) is 19.1. The molecule has 0 saturated carbocycles. The lowest BCUT2D eigenvalue weighted by molar-refractivity contribution is -0.117. The van der Waals surface area contributed by atoms with Crippen LogP contribution in [-0.4, -0.2) is 39.3 Å². The van der Waals surface area contributed by atoms with Gasteiger partial charge in [-0.25, -0.2) is 4.98 Å². The number of carbonyl (C=O) groups is 1. The van der Waals surface area contributed by atoms with Gasteiger partial charge >= 0.3 is 0 Å². The van der Waals surface area contributed by atoms with E-state index in [0.29, 0.717) is 18.7 Å². The Morgan fingerprint density at radius 1 is 1.26 bits per heavy atom. The Bertz CT molecular complexity index is 1000. The van der Waals surface area contributed by atoms with E-state index in [0.717, 1.165) is 34.2 Å². The molecule has 1 saturated heterocycles. The average molecular weight is 365 g/mol. The van der Waals surface area contributed by atoms with Crippen molar-refractivity contribution in [2.24, 2.45) is 7.05 Å². The van der Waals surface area contributed by atoms with Crippen LogP contribution in [0.2, 0.25) is 0 Å². The quantitative estimate of drug-likeness (QED) is 0.771. The number of anilines is 1. The number of H-pyrrole nitrogens is 1. The van der Waals surface area contributed by atoms with Gasteiger partial charge in [0.2, 0.25) is 5.91 Å². The maximum atomic E-state index is 12.6. The van der Waals surface area contributed by atoms with Crippen molar-refractivity contribution in [1.29, 1.82) is 0 Å². The predicted octanol–water partition coefficient (Wildman–Crippen LogP) is 2.96. The van der Waals surface area contributed by atoms with Crippen molar-refractivity contribution >= 4 is 11.6 Å². The number of nitrogens with zero attached hydrogens (tertiary/aromatic N) is 4. The highest BCUT2D eigenvalue weighted by Gasteiger charge is 2.34. The molecule has 0 spiro atoms. The Kier molecular flexibility index (Phi) is 4.22. The van der Waals surface area contributed by atoms with Gasteiger partial charge in [0.1, 0.15) is 11.6 Å². The summed E-state index contributed by atoms with van der Waals surface area (Å²) in [5, 5.41) is 4.47. The van der Waals surface area contributed by atoms with E-state index in [1.165, 1.54) is 0 Å². The smallest absolute Gasteiger partial charge is 0.227 e. The molecule has 7 nitrogen and oxygen atoms in total. The third-order valence-corrected chi connectivity index (χ3v) is 5.26. The lowest BCUT2D eigenvalue weighted by atomic mass is 10.1. The maximum absolute atomic E-state index is 12.6. The number of aromatic amines is 1. The highest BCUT2D eigenvalue weighted by molar-refractivity contribution is 5.97. The first-order valence-corrected chi connectivity index (χ1v) is 8.98. The van der Waals surface area contributed by atoms with E-state index in [1.807, 2.05) is 56.0 Å². The molecule has 7 heteroatoms. The van der Waals surface area contributed by atoms with Crippen LogP contribution in [0.3, 0.4) is 0 Å². The molecular weight excluding hydrogens is 342 g/mol. The van der Waals surface area contributed by atoms with E-state index in [4.69, 9.17) is 4.74 Å². The van der Waals surface area contributed by atoms with E-state index in [2.05, 4.69) is 15.1 Å². The Morgan fingerprint density at radius 2 is 2.04 bits per heavy atom. The molecule has 1 aromatic carbocycles. The minimum atomic E-state index is 0.0217. The molecule has 1 fully saturated rings. The van der Waals surface area contributed by atoms with E-state index >= 15 is 0 Å². The van der Waals surface area contributed by atoms with Crippen molar-refractivity contribution < 1.29 is 9.53 Å². The standard InChI is InChI=1S/C20H23N5O2/c1-12-19(13(2)24(3)23-12)15-10-21-20(22-15)14-9-18(26)25(11-14)16-7-5-6-8-17(16)27-4/h5-8,10,14H,9,11H2,1-4H3,(H,21,22)/t14-/m1/s1. The summed E-state index contributed by atoms with van der Waals surface area (Å²) in [6.07, 6.45) is 2.26. The number of carbonyl (C=O) groups excluding carboxylic acids is 1. The zero-order valence-electron chi connectivity index (χ0n) is 16.0. The predicted molar refractivity (Wildman–Crippen MR) is 103 cm³/mol. The van der Waals surface area contributed by atoms with Crippen molar-refractivity contribution in [2.45, 2.75) is 26.2 Å². The summed E-state index contributed by atoms with van der Waals surface area (Å²) in [6.45, 7) is 4.61. The molecule has 0 bridgehead atoms. The zero-order valence-corrected chi connectivity index (χ0v) is 16.0. The number of benzene rings is 1. The van der Waals surface area contributed by atoms with Crippen LogP contribution < -0.4 is 9.64 Å². The number of aromatic nitrogens is 4. The normalized spacial score (nSPS) is 17.0. The van der Waals surface area contributed by atoms with Crippen LogP contribution in [-0.2, 0) is 11.8 Å². The van der Waals surface area contributed by atoms with Crippen molar-refractivity contribution in [3.63, 3.8) is 0 Å². The molecular formula is C20H23N5O2. The molecule has 140 valence electrons. The number of hydrogen-bond donors (Lipinski definition) is 1. The monoisotopic (exact) mass is 365 g/mol. The molecule has 0 radical (unpaired) electrons. The molecule has 0 unspecified atom stereocenters. The van der Waals surface area contributed by atoms with Gasteiger partial charge in [-0.15, -0.1) is 0 Å². The molecule has 1 amide bonds. The van der Waals surface area contributed by atoms with Crippen molar-refractivity contribution in [1.82, 2.24) is 19.7 Å². The fourth-order valence-electron chi connectivity index (χ4n) is 3.81. The van der Waals surface area contributed by atoms with Crippen molar-refractivity contribution in [3.8, 4) is 17.0 Å². The van der Waals surface area contributed by atoms with Crippen LogP contribution in [0.15, 0.2) is 30.5 Å². The maximum Gasteiger partial charge on any atom is 0.227 e. The number of ether oxygens (including phenoxy) is 1. The topological polar surface area (TPSA) is 76.0 Å². The van der Waals surface area contributed by atoms with Gasteiger partial charge in [0, 0.05) is 37.2 Å². The number of nitrogens with one attached hydrogen (secondary N) is 1. The average Bonchev–Trinajstić information content (AvgIpc) is 3.34. The summed E-state index contributed by atoms with van der Waals surface area (Å²) in [5.41, 5.74) is 4.86. The highest BCUT2D eigenvalue weighted by Crippen LogP contribution is 2.36. The second-order valence-corrected chi connectivity index (χ2v) is 6.93. The number of amides is 1. The van der Waals surface area contributed by atoms with E-state index in [1.54, 1.807) is 12.0 Å². The summed E-state index contributed by atoms with van der Waals surface area (Å²) >= 11 is 0. The van der Waals surface area contributed by atoms with E-state index in [9.17, 15) is 4.79 Å². The lowest BCUT2D eigenvalue weighted by Gasteiger charge is -2.19. The summed E-state index contributed by atoms with van der Waals surface area (Å²) < 4.78 is 7.28. The number of para-hydroxylation sites is 2. The van der Waals surface area contributed by atoms with E-state index < -0.39 is 0 Å². The second-order valence-electron chi connectivity index (χ2n) is 6.93. The van der Waals surface area contributed by atoms with Crippen LogP contribution in [0, 0.1) is 13.8 Å². The fraction of sp³-hybridized carbons (Fsp3) is 0.350. The number of hydrogen-bond acceptors (Lipinski definition) is 4. The largest absolute Gasteiger partial charge is 0.495 e. The molecule has 3 aromatic rings. The SMILES string of the molecule is COc1ccccc1N1C[C@H](c2ncc(-c3c(C)nn(C)c3C)[nH]2)CC1=O. The Balaban J connectivity index is 1.61. The number of methoxy groups -OCH3 is 1. The Labute approximate surface area is 158 Å². The minimum Gasteiger partial charge on any atom is -0.495 e. The third-order valence-electron chi connectivity index (χ3n) is 5.26. The first kappa shape index (κ1) is 17.3. The van der Waals surface area contributed by atoms with Crippen LogP contribution in [0.25, 0.3) is 11.3 Å².